The minimum Gasteiger partial charge on any atom is -0.384 e. The molecule has 2 saturated heterocycles. The smallest absolute Gasteiger partial charge is 0.126 e. The van der Waals surface area contributed by atoms with Crippen molar-refractivity contribution >= 4 is 5.82 Å². The van der Waals surface area contributed by atoms with E-state index in [1.54, 1.807) is 24.7 Å². The number of aromatic nitrogens is 3. The Morgan fingerprint density at radius 1 is 0.783 bits per heavy atom. The van der Waals surface area contributed by atoms with Gasteiger partial charge in [0.1, 0.15) is 12.1 Å². The van der Waals surface area contributed by atoms with Crippen LogP contribution in [0.3, 0.4) is 0 Å². The zero-order valence-corrected chi connectivity index (χ0v) is 13.5. The highest BCUT2D eigenvalue weighted by atomic mass is 15.1. The molecule has 2 aromatic heterocycles. The molecule has 0 bridgehead atoms. The molecule has 0 spiro atoms. The second kappa shape index (κ2) is 14.8. The number of hydrogen-bond donors (Lipinski definition) is 4. The van der Waals surface area contributed by atoms with Gasteiger partial charge in [-0.2, -0.15) is 0 Å². The highest BCUT2D eigenvalue weighted by molar-refractivity contribution is 5.22. The van der Waals surface area contributed by atoms with Crippen molar-refractivity contribution in [1.29, 1.82) is 0 Å². The Morgan fingerprint density at radius 3 is 1.70 bits per heavy atom. The molecule has 7 heteroatoms. The number of nitrogen functional groups attached to an aromatic ring is 1. The van der Waals surface area contributed by atoms with E-state index in [9.17, 15) is 0 Å². The summed E-state index contributed by atoms with van der Waals surface area (Å²) in [5.41, 5.74) is 5.21. The summed E-state index contributed by atoms with van der Waals surface area (Å²) in [6.07, 6.45) is 9.29. The molecule has 4 heterocycles. The number of rotatable bonds is 0. The number of nitrogens with zero attached hydrogens (tertiary/aromatic N) is 3. The van der Waals surface area contributed by atoms with Crippen LogP contribution >= 0.6 is 0 Å². The molecule has 2 fully saturated rings. The predicted molar refractivity (Wildman–Crippen MR) is 93.7 cm³/mol. The fraction of sp³-hybridized carbons (Fsp3) is 0.438. The van der Waals surface area contributed by atoms with Crippen LogP contribution in [0.5, 0.6) is 0 Å². The Kier molecular flexibility index (Phi) is 12.2. The Labute approximate surface area is 138 Å². The summed E-state index contributed by atoms with van der Waals surface area (Å²) in [6.45, 7) is 5.78. The molecule has 0 amide bonds. The summed E-state index contributed by atoms with van der Waals surface area (Å²) in [5.74, 6) is 0.509. The molecule has 0 atom stereocenters. The SMILES string of the molecule is C1CCNC1.C1CNCN1.Nc1ccncn1.c1ccncc1. The molecule has 0 unspecified atom stereocenters. The zero-order chi connectivity index (χ0) is 16.4. The van der Waals surface area contributed by atoms with Crippen molar-refractivity contribution in [2.45, 2.75) is 12.8 Å². The fourth-order valence-corrected chi connectivity index (χ4v) is 1.68. The van der Waals surface area contributed by atoms with Crippen LogP contribution in [0.4, 0.5) is 5.82 Å². The first-order valence-electron chi connectivity index (χ1n) is 7.88. The largest absolute Gasteiger partial charge is 0.384 e. The number of anilines is 1. The summed E-state index contributed by atoms with van der Waals surface area (Å²) in [7, 11) is 0. The first kappa shape index (κ1) is 19.0. The summed E-state index contributed by atoms with van der Waals surface area (Å²) in [6, 6.07) is 7.35. The van der Waals surface area contributed by atoms with Gasteiger partial charge in [0.2, 0.25) is 0 Å². The number of nitrogens with one attached hydrogen (secondary N) is 3. The van der Waals surface area contributed by atoms with Crippen molar-refractivity contribution in [2.75, 3.05) is 38.6 Å². The molecule has 126 valence electrons. The van der Waals surface area contributed by atoms with E-state index in [0.29, 0.717) is 5.82 Å². The van der Waals surface area contributed by atoms with Gasteiger partial charge in [-0.25, -0.2) is 9.97 Å². The Morgan fingerprint density at radius 2 is 1.48 bits per heavy atom. The van der Waals surface area contributed by atoms with Gasteiger partial charge in [-0.1, -0.05) is 6.07 Å². The number of nitrogens with two attached hydrogens (primary N) is 1. The molecule has 4 rings (SSSR count). The second-order valence-electron chi connectivity index (χ2n) is 4.79. The van der Waals surface area contributed by atoms with Gasteiger partial charge < -0.3 is 21.7 Å². The summed E-state index contributed by atoms with van der Waals surface area (Å²) in [4.78, 5) is 11.1. The van der Waals surface area contributed by atoms with E-state index in [2.05, 4.69) is 30.9 Å². The highest BCUT2D eigenvalue weighted by Crippen LogP contribution is 1.90. The van der Waals surface area contributed by atoms with Crippen molar-refractivity contribution in [1.82, 2.24) is 30.9 Å². The quantitative estimate of drug-likeness (QED) is 0.566. The summed E-state index contributed by atoms with van der Waals surface area (Å²) >= 11 is 0. The van der Waals surface area contributed by atoms with E-state index in [1.807, 2.05) is 18.2 Å². The maximum absolute atomic E-state index is 5.21. The maximum atomic E-state index is 5.21. The molecule has 7 nitrogen and oxygen atoms in total. The van der Waals surface area contributed by atoms with Crippen LogP contribution in [0.2, 0.25) is 0 Å². The van der Waals surface area contributed by atoms with Gasteiger partial charge in [-0.15, -0.1) is 0 Å². The zero-order valence-electron chi connectivity index (χ0n) is 13.5. The van der Waals surface area contributed by atoms with E-state index in [-0.39, 0.29) is 0 Å². The van der Waals surface area contributed by atoms with Gasteiger partial charge in [-0.3, -0.25) is 4.98 Å². The van der Waals surface area contributed by atoms with Crippen LogP contribution in [-0.2, 0) is 0 Å². The van der Waals surface area contributed by atoms with E-state index in [0.717, 1.165) is 19.8 Å². The fourth-order valence-electron chi connectivity index (χ4n) is 1.68. The van der Waals surface area contributed by atoms with Crippen LogP contribution in [-0.4, -0.2) is 47.8 Å². The van der Waals surface area contributed by atoms with E-state index < -0.39 is 0 Å². The highest BCUT2D eigenvalue weighted by Gasteiger charge is 1.93. The van der Waals surface area contributed by atoms with Gasteiger partial charge >= 0.3 is 0 Å². The van der Waals surface area contributed by atoms with Crippen molar-refractivity contribution < 1.29 is 0 Å². The Hall–Kier alpha value is -2.09. The first-order valence-corrected chi connectivity index (χ1v) is 7.88. The predicted octanol–water partition coefficient (Wildman–Crippen LogP) is 0.647. The molecule has 5 N–H and O–H groups in total. The first-order chi connectivity index (χ1) is 11.4. The molecule has 0 radical (unpaired) electrons. The van der Waals surface area contributed by atoms with E-state index in [1.165, 1.54) is 32.3 Å². The molecule has 2 aliphatic rings. The lowest BCUT2D eigenvalue weighted by molar-refractivity contribution is 0.807. The lowest BCUT2D eigenvalue weighted by atomic mass is 10.4. The van der Waals surface area contributed by atoms with Crippen molar-refractivity contribution in [2.24, 2.45) is 0 Å². The summed E-state index contributed by atoms with van der Waals surface area (Å²) < 4.78 is 0. The van der Waals surface area contributed by atoms with Crippen molar-refractivity contribution in [3.05, 3.63) is 49.2 Å². The molecule has 23 heavy (non-hydrogen) atoms. The van der Waals surface area contributed by atoms with Crippen LogP contribution < -0.4 is 21.7 Å². The van der Waals surface area contributed by atoms with Gasteiger partial charge in [0, 0.05) is 38.3 Å². The third-order valence-corrected chi connectivity index (χ3v) is 2.86. The van der Waals surface area contributed by atoms with Crippen LogP contribution in [0.1, 0.15) is 12.8 Å². The Bertz CT molecular complexity index is 393. The van der Waals surface area contributed by atoms with E-state index in [4.69, 9.17) is 5.73 Å². The van der Waals surface area contributed by atoms with Gasteiger partial charge in [0.25, 0.3) is 0 Å². The second-order valence-corrected chi connectivity index (χ2v) is 4.79. The molecule has 2 aromatic rings. The Balaban J connectivity index is 0.000000155. The van der Waals surface area contributed by atoms with Crippen LogP contribution in [0.25, 0.3) is 0 Å². The van der Waals surface area contributed by atoms with Crippen molar-refractivity contribution in [3.8, 4) is 0 Å². The minimum atomic E-state index is 0.509. The normalized spacial score (nSPS) is 15.1. The van der Waals surface area contributed by atoms with Crippen LogP contribution in [0.15, 0.2) is 49.2 Å². The van der Waals surface area contributed by atoms with Gasteiger partial charge in [0.15, 0.2) is 0 Å². The minimum absolute atomic E-state index is 0.509. The molecule has 2 aliphatic heterocycles. The lowest BCUT2D eigenvalue weighted by Gasteiger charge is -1.82. The van der Waals surface area contributed by atoms with Crippen LogP contribution in [0, 0.1) is 0 Å². The average molecular weight is 317 g/mol. The number of hydrogen-bond acceptors (Lipinski definition) is 7. The maximum Gasteiger partial charge on any atom is 0.126 e. The average Bonchev–Trinajstić information content (AvgIpc) is 3.36. The molecule has 0 saturated carbocycles. The monoisotopic (exact) mass is 317 g/mol. The molecular formula is C16H27N7. The van der Waals surface area contributed by atoms with Gasteiger partial charge in [-0.05, 0) is 44.1 Å². The molecule has 0 aliphatic carbocycles. The van der Waals surface area contributed by atoms with Gasteiger partial charge in [0.05, 0.1) is 0 Å². The third-order valence-electron chi connectivity index (χ3n) is 2.86. The summed E-state index contributed by atoms with van der Waals surface area (Å²) in [5, 5.41) is 9.44. The topological polar surface area (TPSA) is 101 Å². The van der Waals surface area contributed by atoms with E-state index >= 15 is 0 Å². The lowest BCUT2D eigenvalue weighted by Crippen LogP contribution is -2.11. The molecular weight excluding hydrogens is 290 g/mol. The number of pyridine rings is 1. The third kappa shape index (κ3) is 13.3. The standard InChI is InChI=1S/C5H5N.C4H5N3.C4H9N.C3H8N2/c1-2-4-6-5-3-1;5-4-1-2-6-3-7-4;1-2-4-5-3-1;1-2-5-3-4-1/h1-5H;1-3H,(H2,5,6,7);5H,1-4H2;4-5H,1-3H2. The van der Waals surface area contributed by atoms with Crippen molar-refractivity contribution in [3.63, 3.8) is 0 Å². The molecule has 0 aromatic carbocycles.